The highest BCUT2D eigenvalue weighted by Crippen LogP contribution is 2.43. The van der Waals surface area contributed by atoms with E-state index in [4.69, 9.17) is 18.9 Å². The SMILES string of the molecule is CCOC(=O)C(CCc1ccccc1)NC(C)C(=O)N1C(C(=O)OC)CC2CCCC21.CCOC(=O)C(CCc1ccccc1)NC(C)C(=O)N1C(C(=O)OC)CC2CCCC21. The zero-order chi connectivity index (χ0) is 44.8. The zero-order valence-corrected chi connectivity index (χ0v) is 37.4. The lowest BCUT2D eigenvalue weighted by atomic mass is 10.0. The van der Waals surface area contributed by atoms with Crippen LogP contribution in [0.15, 0.2) is 60.7 Å². The van der Waals surface area contributed by atoms with E-state index in [1.165, 1.54) is 14.2 Å². The van der Waals surface area contributed by atoms with Gasteiger partial charge in [0.05, 0.1) is 39.5 Å². The number of rotatable bonds is 18. The lowest BCUT2D eigenvalue weighted by molar-refractivity contribution is -0.153. The molecular formula is C48H68N4O10. The number of methoxy groups -OCH3 is 2. The van der Waals surface area contributed by atoms with Crippen LogP contribution in [0.1, 0.15) is 103 Å². The average Bonchev–Trinajstić information content (AvgIpc) is 4.09. The summed E-state index contributed by atoms with van der Waals surface area (Å²) in [6.45, 7) is 7.62. The van der Waals surface area contributed by atoms with Crippen molar-refractivity contribution in [3.8, 4) is 0 Å². The van der Waals surface area contributed by atoms with Gasteiger partial charge in [0.15, 0.2) is 0 Å². The van der Waals surface area contributed by atoms with Gasteiger partial charge in [-0.3, -0.25) is 29.8 Å². The van der Waals surface area contributed by atoms with Crippen LogP contribution in [0.25, 0.3) is 0 Å². The number of benzene rings is 2. The highest BCUT2D eigenvalue weighted by molar-refractivity contribution is 5.90. The van der Waals surface area contributed by atoms with Gasteiger partial charge >= 0.3 is 23.9 Å². The molecule has 0 bridgehead atoms. The molecule has 2 aliphatic carbocycles. The molecule has 2 N–H and O–H groups in total. The summed E-state index contributed by atoms with van der Waals surface area (Å²) in [5.74, 6) is -1.05. The molecule has 0 aromatic heterocycles. The summed E-state index contributed by atoms with van der Waals surface area (Å²) in [5, 5.41) is 6.38. The monoisotopic (exact) mass is 860 g/mol. The number of hydrogen-bond donors (Lipinski definition) is 2. The predicted octanol–water partition coefficient (Wildman–Crippen LogP) is 4.94. The van der Waals surface area contributed by atoms with Crippen molar-refractivity contribution in [2.24, 2.45) is 11.8 Å². The van der Waals surface area contributed by atoms with Gasteiger partial charge in [0.2, 0.25) is 11.8 Å². The Morgan fingerprint density at radius 3 is 1.31 bits per heavy atom. The molecule has 6 rings (SSSR count). The molecular weight excluding hydrogens is 793 g/mol. The Kier molecular flexibility index (Phi) is 18.3. The molecule has 2 saturated carbocycles. The molecule has 2 aliphatic heterocycles. The molecule has 2 heterocycles. The minimum atomic E-state index is -0.614. The number of likely N-dealkylation sites (tertiary alicyclic amines) is 2. The maximum absolute atomic E-state index is 13.4. The molecule has 4 aliphatic rings. The number of nitrogens with one attached hydrogen (secondary N) is 2. The number of carbonyl (C=O) groups excluding carboxylic acids is 6. The topological polar surface area (TPSA) is 170 Å². The van der Waals surface area contributed by atoms with Gasteiger partial charge < -0.3 is 28.7 Å². The van der Waals surface area contributed by atoms with Crippen LogP contribution in [0.5, 0.6) is 0 Å². The summed E-state index contributed by atoms with van der Waals surface area (Å²) >= 11 is 0. The fraction of sp³-hybridized carbons (Fsp3) is 0.625. The van der Waals surface area contributed by atoms with E-state index >= 15 is 0 Å². The molecule has 4 fully saturated rings. The second-order valence-corrected chi connectivity index (χ2v) is 17.0. The number of fused-ring (bicyclic) bond motifs is 2. The van der Waals surface area contributed by atoms with Gasteiger partial charge in [0.1, 0.15) is 24.2 Å². The smallest absolute Gasteiger partial charge is 0.328 e. The van der Waals surface area contributed by atoms with Crippen molar-refractivity contribution in [3.05, 3.63) is 71.8 Å². The number of nitrogens with zero attached hydrogens (tertiary/aromatic N) is 2. The van der Waals surface area contributed by atoms with E-state index in [1.54, 1.807) is 37.5 Å². The first-order valence-electron chi connectivity index (χ1n) is 22.6. The molecule has 10 atom stereocenters. The summed E-state index contributed by atoms with van der Waals surface area (Å²) < 4.78 is 20.4. The highest BCUT2D eigenvalue weighted by atomic mass is 16.5. The summed E-state index contributed by atoms with van der Waals surface area (Å²) in [6, 6.07) is 16.5. The number of ether oxygens (including phenoxy) is 4. The van der Waals surface area contributed by atoms with E-state index < -0.39 is 36.3 Å². The van der Waals surface area contributed by atoms with Gasteiger partial charge in [-0.15, -0.1) is 0 Å². The Morgan fingerprint density at radius 1 is 0.597 bits per heavy atom. The fourth-order valence-corrected chi connectivity index (χ4v) is 10.0. The molecule has 62 heavy (non-hydrogen) atoms. The quantitative estimate of drug-likeness (QED) is 0.153. The fourth-order valence-electron chi connectivity index (χ4n) is 10.0. The van der Waals surface area contributed by atoms with Gasteiger partial charge in [-0.05, 0) is 115 Å². The summed E-state index contributed by atoms with van der Waals surface area (Å²) in [7, 11) is 2.72. The van der Waals surface area contributed by atoms with Crippen LogP contribution >= 0.6 is 0 Å². The van der Waals surface area contributed by atoms with Crippen molar-refractivity contribution in [1.29, 1.82) is 0 Å². The molecule has 14 heteroatoms. The third-order valence-electron chi connectivity index (χ3n) is 13.0. The van der Waals surface area contributed by atoms with Crippen LogP contribution in [-0.2, 0) is 60.6 Å². The van der Waals surface area contributed by atoms with Crippen LogP contribution in [0.2, 0.25) is 0 Å². The molecule has 0 spiro atoms. The minimum absolute atomic E-state index is 0.0752. The average molecular weight is 861 g/mol. The highest BCUT2D eigenvalue weighted by Gasteiger charge is 2.51. The number of hydrogen-bond acceptors (Lipinski definition) is 12. The first-order valence-corrected chi connectivity index (χ1v) is 22.6. The first-order chi connectivity index (χ1) is 29.9. The first kappa shape index (κ1) is 48.2. The predicted molar refractivity (Wildman–Crippen MR) is 232 cm³/mol. The van der Waals surface area contributed by atoms with Crippen LogP contribution in [-0.4, -0.2) is 121 Å². The van der Waals surface area contributed by atoms with Crippen molar-refractivity contribution < 1.29 is 47.7 Å². The molecule has 10 unspecified atom stereocenters. The standard InChI is InChI=1S/2C24H34N2O5/c2*1-4-31-23(28)19(14-13-17-9-6-5-7-10-17)25-16(2)22(27)26-20-12-8-11-18(20)15-21(26)24(29)30-3/h2*5-7,9-10,16,18-21,25H,4,8,11-15H2,1-3H3. The maximum Gasteiger partial charge on any atom is 0.328 e. The van der Waals surface area contributed by atoms with E-state index in [1.807, 2.05) is 60.7 Å². The molecule has 2 aromatic rings. The Labute approximate surface area is 367 Å². The van der Waals surface area contributed by atoms with Gasteiger partial charge in [0, 0.05) is 12.1 Å². The Bertz CT molecular complexity index is 1670. The van der Waals surface area contributed by atoms with Gasteiger partial charge in [-0.2, -0.15) is 0 Å². The van der Waals surface area contributed by atoms with E-state index in [2.05, 4.69) is 10.6 Å². The van der Waals surface area contributed by atoms with Gasteiger partial charge in [0.25, 0.3) is 0 Å². The van der Waals surface area contributed by atoms with E-state index in [0.717, 1.165) is 49.7 Å². The molecule has 2 aromatic carbocycles. The van der Waals surface area contributed by atoms with Gasteiger partial charge in [-0.1, -0.05) is 73.5 Å². The Hall–Kier alpha value is -4.82. The third-order valence-corrected chi connectivity index (χ3v) is 13.0. The van der Waals surface area contributed by atoms with Crippen LogP contribution in [0.3, 0.4) is 0 Å². The minimum Gasteiger partial charge on any atom is -0.467 e. The largest absolute Gasteiger partial charge is 0.467 e. The van der Waals surface area contributed by atoms with Crippen molar-refractivity contribution >= 4 is 35.7 Å². The molecule has 340 valence electrons. The van der Waals surface area contributed by atoms with Crippen molar-refractivity contribution in [1.82, 2.24) is 20.4 Å². The number of aryl methyl sites for hydroxylation is 2. The third kappa shape index (κ3) is 12.2. The summed E-state index contributed by atoms with van der Waals surface area (Å²) in [4.78, 5) is 80.1. The van der Waals surface area contributed by atoms with Crippen molar-refractivity contribution in [2.45, 2.75) is 153 Å². The molecule has 0 radical (unpaired) electrons. The van der Waals surface area contributed by atoms with Crippen LogP contribution in [0, 0.1) is 11.8 Å². The van der Waals surface area contributed by atoms with Crippen molar-refractivity contribution in [2.75, 3.05) is 27.4 Å². The zero-order valence-electron chi connectivity index (χ0n) is 37.4. The summed E-state index contributed by atoms with van der Waals surface area (Å²) in [5.41, 5.74) is 2.24. The molecule has 14 nitrogen and oxygen atoms in total. The number of esters is 4. The van der Waals surface area contributed by atoms with E-state index in [9.17, 15) is 28.8 Å². The molecule has 2 saturated heterocycles. The van der Waals surface area contributed by atoms with E-state index in [0.29, 0.717) is 50.4 Å². The van der Waals surface area contributed by atoms with E-state index in [-0.39, 0.29) is 61.0 Å². The summed E-state index contributed by atoms with van der Waals surface area (Å²) in [6.07, 6.45) is 9.76. The second kappa shape index (κ2) is 23.6. The van der Waals surface area contributed by atoms with Crippen LogP contribution in [0.4, 0.5) is 0 Å². The normalized spacial score (nSPS) is 24.4. The molecule has 2 amide bonds. The number of amides is 2. The lowest BCUT2D eigenvalue weighted by Crippen LogP contribution is -2.55. The Morgan fingerprint density at radius 2 is 0.968 bits per heavy atom. The van der Waals surface area contributed by atoms with Crippen molar-refractivity contribution in [3.63, 3.8) is 0 Å². The number of carbonyl (C=O) groups is 6. The van der Waals surface area contributed by atoms with Crippen LogP contribution < -0.4 is 10.6 Å². The second-order valence-electron chi connectivity index (χ2n) is 17.0. The van der Waals surface area contributed by atoms with Gasteiger partial charge in [-0.25, -0.2) is 9.59 Å². The maximum atomic E-state index is 13.4. The lowest BCUT2D eigenvalue weighted by Gasteiger charge is -2.32. The Balaban J connectivity index is 0.000000234.